The van der Waals surface area contributed by atoms with Crippen molar-refractivity contribution in [2.45, 2.75) is 57.7 Å². The Kier molecular flexibility index (Phi) is 7.82. The number of nitrogens with one attached hydrogen (secondary N) is 1. The summed E-state index contributed by atoms with van der Waals surface area (Å²) in [5.41, 5.74) is 1.83. The third-order valence-electron chi connectivity index (χ3n) is 5.19. The fourth-order valence-corrected chi connectivity index (χ4v) is 4.46. The lowest BCUT2D eigenvalue weighted by molar-refractivity contribution is -0.133. The van der Waals surface area contributed by atoms with E-state index in [4.69, 9.17) is 0 Å². The van der Waals surface area contributed by atoms with Gasteiger partial charge in [0.05, 0.1) is 18.0 Å². The molecule has 2 aromatic rings. The zero-order valence-corrected chi connectivity index (χ0v) is 20.5. The third-order valence-corrected chi connectivity index (χ3v) is 6.11. The van der Waals surface area contributed by atoms with E-state index in [0.29, 0.717) is 5.16 Å². The summed E-state index contributed by atoms with van der Waals surface area (Å²) in [4.78, 5) is 28.5. The largest absolute Gasteiger partial charge is 0.350 e. The van der Waals surface area contributed by atoms with E-state index in [9.17, 15) is 9.59 Å². The Bertz CT molecular complexity index is 929. The molecule has 1 aliphatic rings. The number of hydrogen-bond donors (Lipinski definition) is 1. The van der Waals surface area contributed by atoms with Gasteiger partial charge in [0.1, 0.15) is 0 Å². The summed E-state index contributed by atoms with van der Waals surface area (Å²) in [6, 6.07) is 8.25. The molecule has 1 N–H and O–H groups in total. The van der Waals surface area contributed by atoms with E-state index >= 15 is 0 Å². The standard InChI is InChI=1S/C23H34N6O2S/c1-17-9-11-18(12-10-17)29-21(28-13-7-6-8-14-28)25-26-22(29)32-16-20(31)27(5)15-19(30)24-23(2,3)4/h9-12H,6-8,13-16H2,1-5H3,(H,24,30). The molecule has 1 aliphatic heterocycles. The van der Waals surface area contributed by atoms with Crippen LogP contribution in [0.5, 0.6) is 0 Å². The molecular formula is C23H34N6O2S. The molecule has 1 saturated heterocycles. The number of carbonyl (C=O) groups excluding carboxylic acids is 2. The van der Waals surface area contributed by atoms with Gasteiger partial charge in [0.25, 0.3) is 0 Å². The maximum absolute atomic E-state index is 12.7. The summed E-state index contributed by atoms with van der Waals surface area (Å²) in [5, 5.41) is 12.5. The van der Waals surface area contributed by atoms with Crippen molar-refractivity contribution < 1.29 is 9.59 Å². The smallest absolute Gasteiger partial charge is 0.240 e. The fraction of sp³-hybridized carbons (Fsp3) is 0.565. The summed E-state index contributed by atoms with van der Waals surface area (Å²) < 4.78 is 2.04. The molecular weight excluding hydrogens is 424 g/mol. The normalized spacial score (nSPS) is 14.3. The van der Waals surface area contributed by atoms with Crippen molar-refractivity contribution in [3.8, 4) is 5.69 Å². The van der Waals surface area contributed by atoms with Gasteiger partial charge in [-0.25, -0.2) is 0 Å². The van der Waals surface area contributed by atoms with Crippen LogP contribution in [0.4, 0.5) is 5.95 Å². The lowest BCUT2D eigenvalue weighted by atomic mass is 10.1. The number of benzene rings is 1. The topological polar surface area (TPSA) is 83.4 Å². The van der Waals surface area contributed by atoms with Crippen molar-refractivity contribution in [1.29, 1.82) is 0 Å². The molecule has 0 radical (unpaired) electrons. The number of amides is 2. The number of aromatic nitrogens is 3. The molecule has 1 aromatic carbocycles. The minimum atomic E-state index is -0.328. The Morgan fingerprint density at radius 1 is 1.09 bits per heavy atom. The summed E-state index contributed by atoms with van der Waals surface area (Å²) in [7, 11) is 1.65. The van der Waals surface area contributed by atoms with E-state index in [2.05, 4.69) is 51.6 Å². The van der Waals surface area contributed by atoms with Gasteiger partial charge in [-0.1, -0.05) is 29.5 Å². The molecule has 0 saturated carbocycles. The molecule has 2 heterocycles. The van der Waals surface area contributed by atoms with Gasteiger partial charge in [-0.15, -0.1) is 10.2 Å². The van der Waals surface area contributed by atoms with Crippen LogP contribution in [-0.2, 0) is 9.59 Å². The van der Waals surface area contributed by atoms with Gasteiger partial charge < -0.3 is 15.1 Å². The highest BCUT2D eigenvalue weighted by Gasteiger charge is 2.23. The van der Waals surface area contributed by atoms with Gasteiger partial charge in [0.15, 0.2) is 5.16 Å². The third kappa shape index (κ3) is 6.48. The molecule has 2 amide bonds. The molecule has 0 atom stereocenters. The molecule has 8 nitrogen and oxygen atoms in total. The molecule has 0 unspecified atom stereocenters. The zero-order valence-electron chi connectivity index (χ0n) is 19.7. The predicted octanol–water partition coefficient (Wildman–Crippen LogP) is 3.03. The number of carbonyl (C=O) groups is 2. The number of anilines is 1. The minimum Gasteiger partial charge on any atom is -0.350 e. The van der Waals surface area contributed by atoms with E-state index in [1.54, 1.807) is 7.05 Å². The molecule has 9 heteroatoms. The van der Waals surface area contributed by atoms with Crippen LogP contribution < -0.4 is 10.2 Å². The Morgan fingerprint density at radius 3 is 2.38 bits per heavy atom. The average Bonchev–Trinajstić information content (AvgIpc) is 3.15. The number of nitrogens with zero attached hydrogens (tertiary/aromatic N) is 5. The highest BCUT2D eigenvalue weighted by atomic mass is 32.2. The van der Waals surface area contributed by atoms with Crippen LogP contribution in [0, 0.1) is 6.92 Å². The monoisotopic (exact) mass is 458 g/mol. The van der Waals surface area contributed by atoms with Crippen LogP contribution in [0.1, 0.15) is 45.6 Å². The van der Waals surface area contributed by atoms with Gasteiger partial charge in [-0.2, -0.15) is 0 Å². The fourth-order valence-electron chi connectivity index (χ4n) is 3.57. The molecule has 0 aliphatic carbocycles. The Labute approximate surface area is 194 Å². The van der Waals surface area contributed by atoms with Crippen LogP contribution >= 0.6 is 11.8 Å². The minimum absolute atomic E-state index is 0.0281. The summed E-state index contributed by atoms with van der Waals surface area (Å²) in [6.45, 7) is 9.75. The van der Waals surface area contributed by atoms with Crippen molar-refractivity contribution in [3.63, 3.8) is 0 Å². The predicted molar refractivity (Wildman–Crippen MR) is 128 cm³/mol. The first-order valence-electron chi connectivity index (χ1n) is 11.1. The van der Waals surface area contributed by atoms with Crippen molar-refractivity contribution in [2.75, 3.05) is 37.3 Å². The number of likely N-dealkylation sites (N-methyl/N-ethyl adjacent to an activating group) is 1. The quantitative estimate of drug-likeness (QED) is 0.642. The summed E-state index contributed by atoms with van der Waals surface area (Å²) in [5.74, 6) is 0.704. The molecule has 1 aromatic heterocycles. The average molecular weight is 459 g/mol. The van der Waals surface area contributed by atoms with Gasteiger partial charge in [0.2, 0.25) is 17.8 Å². The Balaban J connectivity index is 1.73. The van der Waals surface area contributed by atoms with E-state index in [-0.39, 0.29) is 29.7 Å². The summed E-state index contributed by atoms with van der Waals surface area (Å²) in [6.07, 6.45) is 3.52. The number of aryl methyl sites for hydroxylation is 1. The van der Waals surface area contributed by atoms with Gasteiger partial charge in [0, 0.05) is 25.7 Å². The van der Waals surface area contributed by atoms with E-state index in [1.807, 2.05) is 25.3 Å². The number of thioether (sulfide) groups is 1. The first-order valence-corrected chi connectivity index (χ1v) is 12.1. The van der Waals surface area contributed by atoms with Crippen molar-refractivity contribution in [2.24, 2.45) is 0 Å². The first-order chi connectivity index (χ1) is 15.1. The number of piperidine rings is 1. The van der Waals surface area contributed by atoms with Gasteiger partial charge in [-0.3, -0.25) is 14.2 Å². The molecule has 32 heavy (non-hydrogen) atoms. The van der Waals surface area contributed by atoms with Crippen LogP contribution in [0.3, 0.4) is 0 Å². The van der Waals surface area contributed by atoms with Gasteiger partial charge >= 0.3 is 0 Å². The summed E-state index contributed by atoms with van der Waals surface area (Å²) >= 11 is 1.35. The lowest BCUT2D eigenvalue weighted by Crippen LogP contribution is -2.46. The van der Waals surface area contributed by atoms with E-state index in [0.717, 1.165) is 37.6 Å². The number of hydrogen-bond acceptors (Lipinski definition) is 6. The van der Waals surface area contributed by atoms with Gasteiger partial charge in [-0.05, 0) is 59.1 Å². The Morgan fingerprint density at radius 2 is 1.75 bits per heavy atom. The highest BCUT2D eigenvalue weighted by Crippen LogP contribution is 2.28. The second kappa shape index (κ2) is 10.4. The molecule has 3 rings (SSSR count). The maximum Gasteiger partial charge on any atom is 0.240 e. The zero-order chi connectivity index (χ0) is 23.3. The SMILES string of the molecule is Cc1ccc(-n2c(SCC(=O)N(C)CC(=O)NC(C)(C)C)nnc2N2CCCCC2)cc1. The van der Waals surface area contributed by atoms with Crippen molar-refractivity contribution in [1.82, 2.24) is 25.0 Å². The van der Waals surface area contributed by atoms with E-state index < -0.39 is 0 Å². The molecule has 1 fully saturated rings. The molecule has 174 valence electrons. The second-order valence-electron chi connectivity index (χ2n) is 9.34. The highest BCUT2D eigenvalue weighted by molar-refractivity contribution is 7.99. The molecule has 0 spiro atoms. The molecule has 0 bridgehead atoms. The van der Waals surface area contributed by atoms with Crippen molar-refractivity contribution in [3.05, 3.63) is 29.8 Å². The number of rotatable bonds is 7. The van der Waals surface area contributed by atoms with Crippen LogP contribution in [0.25, 0.3) is 5.69 Å². The first kappa shape index (κ1) is 24.1. The van der Waals surface area contributed by atoms with Crippen LogP contribution in [-0.4, -0.2) is 69.5 Å². The van der Waals surface area contributed by atoms with Crippen LogP contribution in [0.15, 0.2) is 29.4 Å². The van der Waals surface area contributed by atoms with Crippen molar-refractivity contribution >= 4 is 29.5 Å². The second-order valence-corrected chi connectivity index (χ2v) is 10.3. The Hall–Kier alpha value is -2.55. The maximum atomic E-state index is 12.7. The lowest BCUT2D eigenvalue weighted by Gasteiger charge is -2.27. The van der Waals surface area contributed by atoms with E-state index in [1.165, 1.54) is 28.6 Å². The van der Waals surface area contributed by atoms with Crippen LogP contribution in [0.2, 0.25) is 0 Å².